The summed E-state index contributed by atoms with van der Waals surface area (Å²) >= 11 is 6.24. The Morgan fingerprint density at radius 3 is 2.95 bits per heavy atom. The van der Waals surface area contributed by atoms with Gasteiger partial charge >= 0.3 is 5.97 Å². The molecule has 1 aliphatic rings. The molecule has 0 spiro atoms. The van der Waals surface area contributed by atoms with Gasteiger partial charge in [0.05, 0.1) is 0 Å². The number of aliphatic carboxylic acids is 1. The van der Waals surface area contributed by atoms with Crippen LogP contribution in [0.3, 0.4) is 0 Å². The van der Waals surface area contributed by atoms with Crippen LogP contribution in [0.2, 0.25) is 5.02 Å². The molecule has 0 bridgehead atoms. The molecule has 0 amide bonds. The highest BCUT2D eigenvalue weighted by atomic mass is 35.5. The molecule has 4 nitrogen and oxygen atoms in total. The van der Waals surface area contributed by atoms with E-state index in [-0.39, 0.29) is 12.4 Å². The molecule has 0 saturated carbocycles. The van der Waals surface area contributed by atoms with E-state index in [4.69, 9.17) is 21.1 Å². The van der Waals surface area contributed by atoms with Gasteiger partial charge in [-0.2, -0.15) is 0 Å². The second kappa shape index (κ2) is 5.87. The van der Waals surface area contributed by atoms with Crippen LogP contribution in [0.25, 0.3) is 17.0 Å². The maximum atomic E-state index is 10.6. The topological polar surface area (TPSA) is 62.5 Å². The van der Waals surface area contributed by atoms with Gasteiger partial charge in [-0.25, -0.2) is 4.79 Å². The first-order valence-electron chi connectivity index (χ1n) is 6.01. The second-order valence-electron chi connectivity index (χ2n) is 4.44. The van der Waals surface area contributed by atoms with Gasteiger partial charge < -0.3 is 14.8 Å². The molecule has 0 aliphatic carbocycles. The Labute approximate surface area is 126 Å². The van der Waals surface area contributed by atoms with Crippen LogP contribution in [0.1, 0.15) is 16.9 Å². The quantitative estimate of drug-likeness (QED) is 0.835. The number of halogens is 2. The van der Waals surface area contributed by atoms with Crippen LogP contribution in [0.4, 0.5) is 0 Å². The highest BCUT2D eigenvalue weighted by Crippen LogP contribution is 2.35. The number of hydrogen-bond donors (Lipinski definition) is 2. The molecule has 2 N–H and O–H groups in total. The van der Waals surface area contributed by atoms with E-state index in [0.29, 0.717) is 12.3 Å². The highest BCUT2D eigenvalue weighted by Gasteiger charge is 2.20. The largest absolute Gasteiger partial charge is 0.478 e. The van der Waals surface area contributed by atoms with E-state index in [0.717, 1.165) is 46.2 Å². The van der Waals surface area contributed by atoms with Gasteiger partial charge in [0.25, 0.3) is 0 Å². The first-order valence-corrected chi connectivity index (χ1v) is 6.39. The fourth-order valence-corrected chi connectivity index (χ4v) is 2.70. The van der Waals surface area contributed by atoms with Gasteiger partial charge in [-0.3, -0.25) is 0 Å². The number of carbonyl (C=O) groups is 1. The van der Waals surface area contributed by atoms with Gasteiger partial charge in [0, 0.05) is 28.6 Å². The summed E-state index contributed by atoms with van der Waals surface area (Å²) < 4.78 is 5.72. The van der Waals surface area contributed by atoms with Crippen molar-refractivity contribution < 1.29 is 14.3 Å². The van der Waals surface area contributed by atoms with E-state index in [1.807, 2.05) is 12.1 Å². The van der Waals surface area contributed by atoms with Gasteiger partial charge in [0.15, 0.2) is 0 Å². The third-order valence-corrected chi connectivity index (χ3v) is 3.62. The lowest BCUT2D eigenvalue weighted by molar-refractivity contribution is -0.131. The Balaban J connectivity index is 0.00000147. The monoisotopic (exact) mass is 313 g/mol. The van der Waals surface area contributed by atoms with Gasteiger partial charge in [0.1, 0.15) is 11.3 Å². The maximum Gasteiger partial charge on any atom is 0.328 e. The molecular formula is C14H13Cl2NO3. The molecule has 2 heterocycles. The zero-order valence-corrected chi connectivity index (χ0v) is 12.1. The molecule has 0 saturated heterocycles. The third-order valence-electron chi connectivity index (χ3n) is 3.27. The van der Waals surface area contributed by atoms with E-state index in [1.54, 1.807) is 0 Å². The van der Waals surface area contributed by atoms with Crippen LogP contribution in [0.5, 0.6) is 0 Å². The van der Waals surface area contributed by atoms with E-state index < -0.39 is 5.97 Å². The lowest BCUT2D eigenvalue weighted by atomic mass is 10.0. The molecule has 0 radical (unpaired) electrons. The minimum Gasteiger partial charge on any atom is -0.478 e. The molecule has 3 rings (SSSR count). The molecule has 6 heteroatoms. The summed E-state index contributed by atoms with van der Waals surface area (Å²) in [7, 11) is 0. The van der Waals surface area contributed by atoms with Crippen LogP contribution >= 0.6 is 24.0 Å². The van der Waals surface area contributed by atoms with Crippen LogP contribution in [0.15, 0.2) is 22.6 Å². The maximum absolute atomic E-state index is 10.6. The van der Waals surface area contributed by atoms with Crippen molar-refractivity contribution in [2.75, 3.05) is 6.54 Å². The Morgan fingerprint density at radius 1 is 1.40 bits per heavy atom. The number of benzene rings is 1. The van der Waals surface area contributed by atoms with Crippen molar-refractivity contribution >= 4 is 47.0 Å². The normalized spacial score (nSPS) is 14.2. The van der Waals surface area contributed by atoms with Crippen molar-refractivity contribution in [3.05, 3.63) is 40.1 Å². The number of nitrogens with one attached hydrogen (secondary N) is 1. The summed E-state index contributed by atoms with van der Waals surface area (Å²) in [4.78, 5) is 10.6. The number of carboxylic acid groups (broad SMARTS) is 1. The van der Waals surface area contributed by atoms with Crippen LogP contribution in [-0.2, 0) is 17.8 Å². The zero-order chi connectivity index (χ0) is 13.4. The van der Waals surface area contributed by atoms with Crippen molar-refractivity contribution in [2.24, 2.45) is 0 Å². The van der Waals surface area contributed by atoms with Crippen LogP contribution in [0, 0.1) is 0 Å². The van der Waals surface area contributed by atoms with E-state index >= 15 is 0 Å². The zero-order valence-electron chi connectivity index (χ0n) is 10.5. The number of carboxylic acids is 1. The molecule has 1 aromatic heterocycles. The first-order chi connectivity index (χ1) is 9.16. The van der Waals surface area contributed by atoms with Crippen molar-refractivity contribution in [1.82, 2.24) is 5.32 Å². The summed E-state index contributed by atoms with van der Waals surface area (Å²) in [6, 6.07) is 3.65. The van der Waals surface area contributed by atoms with Gasteiger partial charge in [-0.1, -0.05) is 11.6 Å². The predicted octanol–water partition coefficient (Wildman–Crippen LogP) is 3.25. The van der Waals surface area contributed by atoms with Crippen LogP contribution in [-0.4, -0.2) is 17.6 Å². The Hall–Kier alpha value is -1.49. The summed E-state index contributed by atoms with van der Waals surface area (Å²) in [5.41, 5.74) is 2.79. The molecular weight excluding hydrogens is 301 g/mol. The van der Waals surface area contributed by atoms with Crippen LogP contribution < -0.4 is 5.32 Å². The number of hydrogen-bond acceptors (Lipinski definition) is 3. The fourth-order valence-electron chi connectivity index (χ4n) is 2.45. The fraction of sp³-hybridized carbons (Fsp3) is 0.214. The molecule has 1 aliphatic heterocycles. The lowest BCUT2D eigenvalue weighted by Crippen LogP contribution is -2.14. The van der Waals surface area contributed by atoms with Gasteiger partial charge in [-0.05, 0) is 36.7 Å². The first kappa shape index (κ1) is 14.9. The molecule has 0 unspecified atom stereocenters. The molecule has 106 valence electrons. The average Bonchev–Trinajstić information content (AvgIpc) is 2.57. The molecule has 2 aromatic rings. The van der Waals surface area contributed by atoms with E-state index in [2.05, 4.69) is 5.32 Å². The molecule has 20 heavy (non-hydrogen) atoms. The standard InChI is InChI=1S/C14H12ClNO3.ClH/c15-10-1-2-12-14-8(10)5-6-16-7-9(14)11(19-12)3-4-13(17)18;/h1-4,16H,5-7H2,(H,17,18);1H/b4-3+;. The summed E-state index contributed by atoms with van der Waals surface area (Å²) in [6.07, 6.45) is 3.41. The average molecular weight is 314 g/mol. The molecule has 1 aromatic carbocycles. The van der Waals surface area contributed by atoms with E-state index in [1.165, 1.54) is 6.08 Å². The molecule has 0 fully saturated rings. The summed E-state index contributed by atoms with van der Waals surface area (Å²) in [5, 5.41) is 13.8. The van der Waals surface area contributed by atoms with E-state index in [9.17, 15) is 4.79 Å². The predicted molar refractivity (Wildman–Crippen MR) is 80.6 cm³/mol. The van der Waals surface area contributed by atoms with Crippen molar-refractivity contribution in [3.63, 3.8) is 0 Å². The SMILES string of the molecule is Cl.O=C(O)/C=C/c1oc2ccc(Cl)c3c2c1CNCC3. The lowest BCUT2D eigenvalue weighted by Gasteiger charge is -2.02. The Kier molecular flexibility index (Phi) is 4.38. The van der Waals surface area contributed by atoms with Crippen molar-refractivity contribution in [2.45, 2.75) is 13.0 Å². The van der Waals surface area contributed by atoms with Gasteiger partial charge in [-0.15, -0.1) is 12.4 Å². The smallest absolute Gasteiger partial charge is 0.328 e. The highest BCUT2D eigenvalue weighted by molar-refractivity contribution is 6.32. The number of rotatable bonds is 2. The number of furan rings is 1. The Bertz CT molecular complexity index is 691. The minimum absolute atomic E-state index is 0. The minimum atomic E-state index is -0.993. The van der Waals surface area contributed by atoms with Crippen molar-refractivity contribution in [1.29, 1.82) is 0 Å². The second-order valence-corrected chi connectivity index (χ2v) is 4.85. The Morgan fingerprint density at radius 2 is 2.20 bits per heavy atom. The molecule has 0 atom stereocenters. The van der Waals surface area contributed by atoms with Crippen molar-refractivity contribution in [3.8, 4) is 0 Å². The third kappa shape index (κ3) is 2.54. The van der Waals surface area contributed by atoms with Gasteiger partial charge in [0.2, 0.25) is 0 Å². The summed E-state index contributed by atoms with van der Waals surface area (Å²) in [5.74, 6) is -0.414. The summed E-state index contributed by atoms with van der Waals surface area (Å²) in [6.45, 7) is 1.50.